The van der Waals surface area contributed by atoms with Crippen LogP contribution in [0.25, 0.3) is 19.4 Å². The zero-order valence-corrected chi connectivity index (χ0v) is 66.6. The molecule has 0 radical (unpaired) electrons. The Hall–Kier alpha value is -13.1. The fourth-order valence-electron chi connectivity index (χ4n) is 15.5. The van der Waals surface area contributed by atoms with E-state index in [9.17, 15) is 42.7 Å². The van der Waals surface area contributed by atoms with Gasteiger partial charge in [0.2, 0.25) is 0 Å². The minimum Gasteiger partial charge on any atom is -0.355 e. The van der Waals surface area contributed by atoms with Crippen LogP contribution in [-0.2, 0) is 19.2 Å². The average Bonchev–Trinajstić information content (AvgIpc) is 1.52. The van der Waals surface area contributed by atoms with Gasteiger partial charge < -0.3 is 40.9 Å². The van der Waals surface area contributed by atoms with Crippen LogP contribution in [0.3, 0.4) is 0 Å². The highest BCUT2D eigenvalue weighted by Gasteiger charge is 2.63. The van der Waals surface area contributed by atoms with Crippen molar-refractivity contribution >= 4 is 185 Å². The summed E-state index contributed by atoms with van der Waals surface area (Å²) < 4.78 is 145. The largest absolute Gasteiger partial charge is 0.355 e. The predicted octanol–water partition coefficient (Wildman–Crippen LogP) is 16.1. The Morgan fingerprint density at radius 2 is 0.729 bits per heavy atom. The van der Waals surface area contributed by atoms with Gasteiger partial charge in [0.25, 0.3) is 47.3 Å². The second-order valence-corrected chi connectivity index (χ2v) is 30.1. The third-order valence-electron chi connectivity index (χ3n) is 22.3. The van der Waals surface area contributed by atoms with E-state index in [1.54, 1.807) is 99.0 Å². The topological polar surface area (TPSA) is 228 Å². The van der Waals surface area contributed by atoms with Gasteiger partial charge in [-0.2, -0.15) is 0 Å². The smallest absolute Gasteiger partial charge is 0.259 e. The minimum atomic E-state index is -2.92. The van der Waals surface area contributed by atoms with E-state index in [2.05, 4.69) is 30.0 Å². The Kier molecular flexibility index (Phi) is 18.1. The number of hydrogen-bond acceptors (Lipinski definition) is 12. The van der Waals surface area contributed by atoms with Gasteiger partial charge in [-0.1, -0.05) is 24.3 Å². The van der Waals surface area contributed by atoms with Gasteiger partial charge >= 0.3 is 0 Å². The summed E-state index contributed by atoms with van der Waals surface area (Å²) in [6, 6.07) is 28.3. The van der Waals surface area contributed by atoms with Gasteiger partial charge in [-0.3, -0.25) is 58.0 Å². The number of rotatable bonds is 12. The van der Waals surface area contributed by atoms with Crippen LogP contribution in [0.5, 0.6) is 0 Å². The molecule has 8 aromatic rings. The number of anilines is 8. The molecule has 0 aromatic heterocycles. The molecule has 8 amide bonds. The molecule has 4 heterocycles. The van der Waals surface area contributed by atoms with Crippen molar-refractivity contribution in [2.45, 2.75) is 127 Å². The maximum absolute atomic E-state index is 15.2. The fourth-order valence-corrected chi connectivity index (χ4v) is 17.3. The normalized spacial score (nSPS) is 19.3. The molecule has 16 rings (SSSR count). The van der Waals surface area contributed by atoms with Crippen molar-refractivity contribution in [2.24, 2.45) is 0 Å². The first-order chi connectivity index (χ1) is 62.7. The second-order valence-electron chi connectivity index (χ2n) is 28.7. The molecule has 4 aliphatic heterocycles. The van der Waals surface area contributed by atoms with Crippen molar-refractivity contribution in [1.82, 2.24) is 21.3 Å². The molecule has 0 unspecified atom stereocenters. The van der Waals surface area contributed by atoms with Crippen LogP contribution < -0.4 is 60.5 Å². The van der Waals surface area contributed by atoms with E-state index in [1.807, 2.05) is 13.8 Å². The zero-order chi connectivity index (χ0) is 97.3. The molecule has 4 saturated heterocycles. The van der Waals surface area contributed by atoms with Crippen molar-refractivity contribution in [3.8, 4) is 0 Å². The van der Waals surface area contributed by atoms with Crippen LogP contribution in [0.15, 0.2) is 158 Å². The average molecular weight is 1670 g/mol. The number of aryl methyl sites for hydroxylation is 3. The van der Waals surface area contributed by atoms with Crippen molar-refractivity contribution in [3.63, 3.8) is 0 Å². The monoisotopic (exact) mass is 1670 g/mol. The number of benzene rings is 8. The number of nitrogens with one attached hydrogen (secondary N) is 4. The van der Waals surface area contributed by atoms with Crippen LogP contribution >= 0.6 is 48.9 Å². The molecule has 8 aromatic carbocycles. The van der Waals surface area contributed by atoms with E-state index in [0.29, 0.717) is 112 Å². The molecule has 8 aliphatic rings. The number of carbonyl (C=O) groups excluding carboxylic acids is 8. The van der Waals surface area contributed by atoms with E-state index in [0.717, 1.165) is 47.4 Å². The standard InChI is InChI=1S/2C22H19FN4O2S.2C22H20N4O2S/c2*1-13-11-14(6-8-18(13)24-2)26-20(29)22(9-4-10-22)27(21(26)30)15-5-7-16(17(23)12-15)19(28)25-3;2*1-14-13-17(9-10-18(14)23-2)25-20(28)22(11-4-12-22)26(21(25)29)16-7-5-15(6-8-16)19(27)24-3/h2*5-8,11-12H,4,9-10H2,1,3H3,(H,25,28);2*5-10,13H,4,11-12H2,1,3H3,(H,24,27)/i3D3,5D,6D,11D,12D;3D3;3D2,5D;3D,5D. The van der Waals surface area contributed by atoms with Crippen LogP contribution in [0, 0.1) is 65.6 Å². The molecule has 24 nitrogen and oxygen atoms in total. The molecule has 118 heavy (non-hydrogen) atoms. The second kappa shape index (κ2) is 32.9. The maximum atomic E-state index is 15.2. The fraction of sp³-hybridized carbons (Fsp3) is 0.273. The zero-order valence-electron chi connectivity index (χ0n) is 78.3. The number of amides is 8. The Labute approximate surface area is 723 Å². The van der Waals surface area contributed by atoms with Gasteiger partial charge in [0, 0.05) is 96.9 Å². The number of thiocarbonyl (C=S) groups is 4. The van der Waals surface area contributed by atoms with Crippen molar-refractivity contribution in [3.05, 3.63) is 259 Å². The van der Waals surface area contributed by atoms with Crippen LogP contribution in [0.4, 0.5) is 77.0 Å². The van der Waals surface area contributed by atoms with Crippen LogP contribution in [0.1, 0.15) is 161 Å². The SMILES string of the molecule is [2H]C([2H])([2H])NC(=O)c1ccc(N2C(=S)N(c3ccc([N+]#[C-])c(C)c3)C(=O)C23CCC3)cc1F.[2H]CNC(=O)c1ccc(N2C(=S)N(c3ccc([N+]#[C-])c(C)c3)C(=O)C23CCC3)cc1[2H].[2H]c1cc(N2C(=S)N(c3ccc([N+]#[C-])c(C)c3)C(=O)C23CCC3)ccc1C(=O)NC([2H])[2H].[2H]c1cc([N+]#[C-])c(C)c([2H])c1N1C(=O)C2(CCC2)N(c2c([2H])cc(C(=O)NC([2H])([2H])[2H])c(F)c2[2H])C1=S. The highest BCUT2D eigenvalue weighted by atomic mass is 32.1. The highest BCUT2D eigenvalue weighted by Crippen LogP contribution is 2.53. The molecular weight excluding hydrogens is 1580 g/mol. The van der Waals surface area contributed by atoms with Crippen molar-refractivity contribution in [1.29, 1.82) is 0 Å². The first-order valence-electron chi connectivity index (χ1n) is 44.4. The summed E-state index contributed by atoms with van der Waals surface area (Å²) in [6.07, 6.45) is 7.24. The summed E-state index contributed by atoms with van der Waals surface area (Å²) in [4.78, 5) is 128. The molecular formula is C88H78F2N16O8S4. The number of halogens is 2. The van der Waals surface area contributed by atoms with E-state index in [-0.39, 0.29) is 100 Å². The number of hydrogen-bond donors (Lipinski definition) is 4. The third kappa shape index (κ3) is 13.9. The van der Waals surface area contributed by atoms with Crippen LogP contribution in [0.2, 0.25) is 0 Å². The lowest BCUT2D eigenvalue weighted by Gasteiger charge is -2.43. The van der Waals surface area contributed by atoms with Gasteiger partial charge in [0.1, 0.15) is 33.8 Å². The number of nitrogens with zero attached hydrogens (tertiary/aromatic N) is 12. The Morgan fingerprint density at radius 1 is 0.381 bits per heavy atom. The summed E-state index contributed by atoms with van der Waals surface area (Å²) >= 11 is 22.7. The molecule has 8 fully saturated rings. The van der Waals surface area contributed by atoms with E-state index in [4.69, 9.17) is 95.7 Å². The molecule has 4 N–H and O–H groups in total. The van der Waals surface area contributed by atoms with Gasteiger partial charge in [0.15, 0.2) is 43.2 Å². The molecule has 0 bridgehead atoms. The minimum absolute atomic E-state index is 0.00359. The lowest BCUT2D eigenvalue weighted by atomic mass is 9.75. The molecule has 0 atom stereocenters. The van der Waals surface area contributed by atoms with E-state index < -0.39 is 113 Å². The lowest BCUT2D eigenvalue weighted by molar-refractivity contribution is -0.124. The van der Waals surface area contributed by atoms with Gasteiger partial charge in [0.05, 0.1) is 45.6 Å². The third-order valence-corrected chi connectivity index (χ3v) is 23.7. The summed E-state index contributed by atoms with van der Waals surface area (Å²) in [5.41, 5.74) is 1.65. The molecule has 4 saturated carbocycles. The Balaban J connectivity index is 0.000000151. The number of carbonyl (C=O) groups is 8. The van der Waals surface area contributed by atoms with Crippen LogP contribution in [-0.4, -0.2) is 118 Å². The summed E-state index contributed by atoms with van der Waals surface area (Å²) in [6.45, 7) is 28.7. The summed E-state index contributed by atoms with van der Waals surface area (Å²) in [7, 11) is -0.269. The molecule has 4 spiro atoms. The molecule has 30 heteroatoms. The Bertz CT molecular complexity index is 6570. The summed E-state index contributed by atoms with van der Waals surface area (Å²) in [5.74, 6) is -6.94. The molecule has 4 aliphatic carbocycles. The highest BCUT2D eigenvalue weighted by molar-refractivity contribution is 7.81. The lowest BCUT2D eigenvalue weighted by Crippen LogP contribution is -2.55. The first kappa shape index (κ1) is 65.1. The first-order valence-corrected chi connectivity index (χ1v) is 38.2. The van der Waals surface area contributed by atoms with E-state index >= 15 is 4.39 Å². The van der Waals surface area contributed by atoms with E-state index in [1.165, 1.54) is 69.0 Å². The van der Waals surface area contributed by atoms with Gasteiger partial charge in [-0.15, -0.1) is 0 Å². The predicted molar refractivity (Wildman–Crippen MR) is 466 cm³/mol. The quantitative estimate of drug-likeness (QED) is 0.0658. The maximum Gasteiger partial charge on any atom is 0.259 e. The van der Waals surface area contributed by atoms with Crippen molar-refractivity contribution in [2.75, 3.05) is 67.2 Å². The molecule has 596 valence electrons. The van der Waals surface area contributed by atoms with Gasteiger partial charge in [-0.25, -0.2) is 28.2 Å². The Morgan fingerprint density at radius 3 is 1.08 bits per heavy atom. The van der Waals surface area contributed by atoms with Crippen molar-refractivity contribution < 1.29 is 67.7 Å². The summed E-state index contributed by atoms with van der Waals surface area (Å²) in [5, 5.41) is 8.40. The van der Waals surface area contributed by atoms with Gasteiger partial charge in [-0.05, 0) is 309 Å².